The number of Topliss-reactive ketones (excluding diaryl/α,β-unsaturated/α-hetero) is 1. The molecule has 1 aromatic carbocycles. The molecule has 2 aliphatic carbocycles. The summed E-state index contributed by atoms with van der Waals surface area (Å²) in [5.41, 5.74) is 2.69. The van der Waals surface area contributed by atoms with Crippen molar-refractivity contribution in [3.05, 3.63) is 35.4 Å². The molecule has 0 bridgehead atoms. The molecule has 2 aliphatic rings. The second-order valence-corrected chi connectivity index (χ2v) is 5.72. The molecule has 3 heteroatoms. The second-order valence-electron chi connectivity index (χ2n) is 5.72. The maximum atomic E-state index is 11.6. The lowest BCUT2D eigenvalue weighted by molar-refractivity contribution is -0.175. The van der Waals surface area contributed by atoms with Gasteiger partial charge < -0.3 is 9.47 Å². The van der Waals surface area contributed by atoms with E-state index in [2.05, 4.69) is 31.2 Å². The van der Waals surface area contributed by atoms with E-state index in [0.29, 0.717) is 13.0 Å². The minimum absolute atomic E-state index is 0.0507. The lowest BCUT2D eigenvalue weighted by atomic mass is 9.86. The van der Waals surface area contributed by atoms with Crippen LogP contribution in [0.5, 0.6) is 0 Å². The van der Waals surface area contributed by atoms with Crippen molar-refractivity contribution in [3.63, 3.8) is 0 Å². The molecule has 1 fully saturated rings. The van der Waals surface area contributed by atoms with Crippen LogP contribution in [0.2, 0.25) is 0 Å². The Kier molecular flexibility index (Phi) is 4.18. The van der Waals surface area contributed by atoms with Gasteiger partial charge in [0.05, 0.1) is 12.2 Å². The Hall–Kier alpha value is -1.19. The van der Waals surface area contributed by atoms with Gasteiger partial charge in [0, 0.05) is 13.0 Å². The van der Waals surface area contributed by atoms with E-state index in [1.165, 1.54) is 11.1 Å². The summed E-state index contributed by atoms with van der Waals surface area (Å²) < 4.78 is 11.8. The molecule has 0 amide bonds. The maximum Gasteiger partial charge on any atom is 0.166 e. The highest BCUT2D eigenvalue weighted by Crippen LogP contribution is 2.36. The number of hydrogen-bond donors (Lipinski definition) is 0. The van der Waals surface area contributed by atoms with Crippen molar-refractivity contribution in [2.24, 2.45) is 0 Å². The van der Waals surface area contributed by atoms with Gasteiger partial charge in [0.15, 0.2) is 5.78 Å². The van der Waals surface area contributed by atoms with E-state index in [4.69, 9.17) is 9.47 Å². The third-order valence-electron chi connectivity index (χ3n) is 4.21. The number of ketones is 1. The van der Waals surface area contributed by atoms with Gasteiger partial charge in [-0.15, -0.1) is 0 Å². The molecule has 1 aromatic rings. The number of aryl methyl sites for hydroxylation is 1. The predicted octanol–water partition coefficient (Wildman–Crippen LogP) is 3.22. The van der Waals surface area contributed by atoms with Crippen LogP contribution in [0.15, 0.2) is 24.3 Å². The monoisotopic (exact) mass is 274 g/mol. The Morgan fingerprint density at radius 2 is 2.15 bits per heavy atom. The van der Waals surface area contributed by atoms with Crippen LogP contribution in [0.4, 0.5) is 0 Å². The summed E-state index contributed by atoms with van der Waals surface area (Å²) >= 11 is 0. The summed E-state index contributed by atoms with van der Waals surface area (Å²) in [6, 6.07) is 8.49. The topological polar surface area (TPSA) is 35.5 Å². The van der Waals surface area contributed by atoms with E-state index in [0.717, 1.165) is 25.7 Å². The van der Waals surface area contributed by atoms with Crippen molar-refractivity contribution in [2.75, 3.05) is 6.61 Å². The van der Waals surface area contributed by atoms with Crippen LogP contribution in [-0.2, 0) is 20.7 Å². The molecule has 0 radical (unpaired) electrons. The Morgan fingerprint density at radius 1 is 1.30 bits per heavy atom. The molecule has 3 atom stereocenters. The van der Waals surface area contributed by atoms with Crippen molar-refractivity contribution in [1.29, 1.82) is 0 Å². The van der Waals surface area contributed by atoms with E-state index < -0.39 is 0 Å². The Balaban J connectivity index is 1.65. The summed E-state index contributed by atoms with van der Waals surface area (Å²) in [5.74, 6) is 0.188. The van der Waals surface area contributed by atoms with Crippen LogP contribution >= 0.6 is 0 Å². The molecule has 3 rings (SSSR count). The molecule has 3 nitrogen and oxygen atoms in total. The molecule has 108 valence electrons. The summed E-state index contributed by atoms with van der Waals surface area (Å²) in [5, 5.41) is 0. The molecular weight excluding hydrogens is 252 g/mol. The first kappa shape index (κ1) is 13.8. The minimum Gasteiger partial charge on any atom is -0.368 e. The quantitative estimate of drug-likeness (QED) is 0.827. The lowest BCUT2D eigenvalue weighted by Gasteiger charge is -2.38. The number of ether oxygens (including phenoxy) is 2. The number of carbonyl (C=O) groups is 1. The van der Waals surface area contributed by atoms with Gasteiger partial charge in [0.1, 0.15) is 6.10 Å². The zero-order valence-electron chi connectivity index (χ0n) is 12.0. The Labute approximate surface area is 120 Å². The van der Waals surface area contributed by atoms with Crippen molar-refractivity contribution < 1.29 is 14.3 Å². The Bertz CT molecular complexity index is 483. The second kappa shape index (κ2) is 6.06. The number of fused-ring (bicyclic) bond motifs is 1. The van der Waals surface area contributed by atoms with Gasteiger partial charge in [-0.2, -0.15) is 0 Å². The van der Waals surface area contributed by atoms with Crippen LogP contribution < -0.4 is 0 Å². The van der Waals surface area contributed by atoms with Crippen molar-refractivity contribution in [2.45, 2.75) is 57.3 Å². The Morgan fingerprint density at radius 3 is 2.95 bits per heavy atom. The number of hydrogen-bond acceptors (Lipinski definition) is 3. The molecule has 0 aromatic heterocycles. The SMILES string of the molecule is CCCOC1C(=O)CC1OC1CCCc2ccccc21. The fraction of sp³-hybridized carbons (Fsp3) is 0.588. The summed E-state index contributed by atoms with van der Waals surface area (Å²) in [6.07, 6.45) is 4.52. The number of benzene rings is 1. The van der Waals surface area contributed by atoms with Crippen molar-refractivity contribution >= 4 is 5.78 Å². The van der Waals surface area contributed by atoms with Gasteiger partial charge in [0.25, 0.3) is 0 Å². The van der Waals surface area contributed by atoms with Crippen molar-refractivity contribution in [3.8, 4) is 0 Å². The van der Waals surface area contributed by atoms with Crippen molar-refractivity contribution in [1.82, 2.24) is 0 Å². The van der Waals surface area contributed by atoms with Gasteiger partial charge >= 0.3 is 0 Å². The van der Waals surface area contributed by atoms with Crippen LogP contribution in [-0.4, -0.2) is 24.6 Å². The zero-order chi connectivity index (χ0) is 13.9. The van der Waals surface area contributed by atoms with Gasteiger partial charge in [0.2, 0.25) is 0 Å². The standard InChI is InChI=1S/C17H22O3/c1-2-10-19-17-14(18)11-16(17)20-15-9-5-7-12-6-3-4-8-13(12)15/h3-4,6,8,15-17H,2,5,7,9-11H2,1H3. The highest BCUT2D eigenvalue weighted by Gasteiger charge is 2.43. The molecule has 0 aliphatic heterocycles. The van der Waals surface area contributed by atoms with E-state index in [9.17, 15) is 4.79 Å². The van der Waals surface area contributed by atoms with E-state index in [1.54, 1.807) is 0 Å². The average molecular weight is 274 g/mol. The highest BCUT2D eigenvalue weighted by molar-refractivity contribution is 5.90. The molecule has 3 unspecified atom stereocenters. The van der Waals surface area contributed by atoms with Gasteiger partial charge in [-0.25, -0.2) is 0 Å². The summed E-state index contributed by atoms with van der Waals surface area (Å²) in [7, 11) is 0. The van der Waals surface area contributed by atoms with Gasteiger partial charge in [-0.3, -0.25) is 4.79 Å². The molecule has 0 spiro atoms. The van der Waals surface area contributed by atoms with Crippen LogP contribution in [0.25, 0.3) is 0 Å². The fourth-order valence-corrected chi connectivity index (χ4v) is 3.09. The number of rotatable bonds is 5. The summed E-state index contributed by atoms with van der Waals surface area (Å²) in [4.78, 5) is 11.6. The zero-order valence-corrected chi connectivity index (χ0v) is 12.0. The first-order chi connectivity index (χ1) is 9.79. The maximum absolute atomic E-state index is 11.6. The molecule has 0 heterocycles. The first-order valence-electron chi connectivity index (χ1n) is 7.67. The largest absolute Gasteiger partial charge is 0.368 e. The minimum atomic E-state index is -0.330. The fourth-order valence-electron chi connectivity index (χ4n) is 3.09. The van der Waals surface area contributed by atoms with E-state index >= 15 is 0 Å². The van der Waals surface area contributed by atoms with Crippen LogP contribution in [0.3, 0.4) is 0 Å². The third kappa shape index (κ3) is 2.65. The van der Waals surface area contributed by atoms with Gasteiger partial charge in [-0.1, -0.05) is 31.2 Å². The average Bonchev–Trinajstić information content (AvgIpc) is 2.47. The molecule has 0 N–H and O–H groups in total. The summed E-state index contributed by atoms with van der Waals surface area (Å²) in [6.45, 7) is 2.69. The predicted molar refractivity (Wildman–Crippen MR) is 76.6 cm³/mol. The van der Waals surface area contributed by atoms with E-state index in [-0.39, 0.29) is 24.1 Å². The third-order valence-corrected chi connectivity index (χ3v) is 4.21. The molecule has 0 saturated heterocycles. The smallest absolute Gasteiger partial charge is 0.166 e. The normalized spacial score (nSPS) is 28.9. The lowest BCUT2D eigenvalue weighted by Crippen LogP contribution is -2.51. The van der Waals surface area contributed by atoms with Crippen LogP contribution in [0.1, 0.15) is 49.8 Å². The molecular formula is C17H22O3. The van der Waals surface area contributed by atoms with Gasteiger partial charge in [-0.05, 0) is 36.8 Å². The number of carbonyl (C=O) groups excluding carboxylic acids is 1. The highest BCUT2D eigenvalue weighted by atomic mass is 16.6. The van der Waals surface area contributed by atoms with E-state index in [1.807, 2.05) is 0 Å². The molecule has 20 heavy (non-hydrogen) atoms. The molecule has 1 saturated carbocycles. The first-order valence-corrected chi connectivity index (χ1v) is 7.67. The van der Waals surface area contributed by atoms with Crippen LogP contribution in [0, 0.1) is 0 Å².